The van der Waals surface area contributed by atoms with Gasteiger partial charge in [0.1, 0.15) is 0 Å². The lowest BCUT2D eigenvalue weighted by atomic mass is 9.97. The molecule has 0 N–H and O–H groups in total. The lowest BCUT2D eigenvalue weighted by Crippen LogP contribution is -2.38. The third-order valence-corrected chi connectivity index (χ3v) is 3.73. The number of rotatable bonds is 12. The highest BCUT2D eigenvalue weighted by molar-refractivity contribution is 5.79. The van der Waals surface area contributed by atoms with Gasteiger partial charge in [-0.25, -0.2) is 0 Å². The Morgan fingerprint density at radius 1 is 1.00 bits per heavy atom. The first-order valence-corrected chi connectivity index (χ1v) is 8.54. The number of carbonyl (C=O) groups excluding carboxylic acids is 2. The van der Waals surface area contributed by atoms with Crippen LogP contribution in [0.5, 0.6) is 0 Å². The van der Waals surface area contributed by atoms with Crippen LogP contribution in [0.1, 0.15) is 72.6 Å². The van der Waals surface area contributed by atoms with E-state index in [0.29, 0.717) is 19.6 Å². The average molecular weight is 299 g/mol. The van der Waals surface area contributed by atoms with Gasteiger partial charge in [0.2, 0.25) is 5.91 Å². The van der Waals surface area contributed by atoms with E-state index in [1.165, 1.54) is 0 Å². The van der Waals surface area contributed by atoms with Crippen LogP contribution in [0.15, 0.2) is 0 Å². The van der Waals surface area contributed by atoms with Gasteiger partial charge in [0.05, 0.1) is 13.0 Å². The molecule has 0 aliphatic heterocycles. The smallest absolute Gasteiger partial charge is 0.307 e. The van der Waals surface area contributed by atoms with E-state index in [-0.39, 0.29) is 17.8 Å². The molecule has 0 aliphatic carbocycles. The van der Waals surface area contributed by atoms with Crippen LogP contribution in [-0.4, -0.2) is 36.5 Å². The molecule has 1 unspecified atom stereocenters. The van der Waals surface area contributed by atoms with Crippen LogP contribution in [-0.2, 0) is 14.3 Å². The second kappa shape index (κ2) is 12.7. The Morgan fingerprint density at radius 2 is 1.67 bits per heavy atom. The maximum absolute atomic E-state index is 12.6. The first kappa shape index (κ1) is 19.9. The number of ether oxygens (including phenoxy) is 1. The molecular formula is C17H33NO3. The molecule has 0 aromatic carbocycles. The summed E-state index contributed by atoms with van der Waals surface area (Å²) in [5.74, 6) is 0.0982. The van der Waals surface area contributed by atoms with Gasteiger partial charge in [0.15, 0.2) is 0 Å². The van der Waals surface area contributed by atoms with Crippen molar-refractivity contribution in [3.63, 3.8) is 0 Å². The zero-order chi connectivity index (χ0) is 16.1. The molecule has 0 fully saturated rings. The Hall–Kier alpha value is -1.06. The third kappa shape index (κ3) is 8.74. The molecule has 0 heterocycles. The molecule has 0 spiro atoms. The summed E-state index contributed by atoms with van der Waals surface area (Å²) < 4.78 is 4.95. The van der Waals surface area contributed by atoms with E-state index in [4.69, 9.17) is 4.74 Å². The van der Waals surface area contributed by atoms with Crippen LogP contribution in [0.3, 0.4) is 0 Å². The fourth-order valence-corrected chi connectivity index (χ4v) is 2.35. The SMILES string of the molecule is CCCCC(CC)C(=O)N(CCCC)CCC(=O)OCC. The molecule has 0 bridgehead atoms. The number of unbranched alkanes of at least 4 members (excludes halogenated alkanes) is 2. The summed E-state index contributed by atoms with van der Waals surface area (Å²) >= 11 is 0. The summed E-state index contributed by atoms with van der Waals surface area (Å²) in [5, 5.41) is 0. The van der Waals surface area contributed by atoms with E-state index in [1.54, 1.807) is 6.92 Å². The van der Waals surface area contributed by atoms with Gasteiger partial charge < -0.3 is 9.64 Å². The number of carbonyl (C=O) groups is 2. The van der Waals surface area contributed by atoms with Crippen LogP contribution in [0.2, 0.25) is 0 Å². The van der Waals surface area contributed by atoms with Gasteiger partial charge in [-0.1, -0.05) is 40.0 Å². The van der Waals surface area contributed by atoms with Crippen LogP contribution in [0, 0.1) is 5.92 Å². The number of hydrogen-bond acceptors (Lipinski definition) is 3. The van der Waals surface area contributed by atoms with Crippen molar-refractivity contribution in [3.8, 4) is 0 Å². The van der Waals surface area contributed by atoms with Crippen molar-refractivity contribution < 1.29 is 14.3 Å². The summed E-state index contributed by atoms with van der Waals surface area (Å²) in [7, 11) is 0. The fourth-order valence-electron chi connectivity index (χ4n) is 2.35. The van der Waals surface area contributed by atoms with Crippen molar-refractivity contribution in [2.75, 3.05) is 19.7 Å². The van der Waals surface area contributed by atoms with Gasteiger partial charge in [-0.3, -0.25) is 9.59 Å². The topological polar surface area (TPSA) is 46.6 Å². The second-order valence-corrected chi connectivity index (χ2v) is 5.48. The van der Waals surface area contributed by atoms with Gasteiger partial charge in [0.25, 0.3) is 0 Å². The molecule has 0 aromatic heterocycles. The predicted molar refractivity (Wildman–Crippen MR) is 86.0 cm³/mol. The molecule has 0 aliphatic rings. The standard InChI is InChI=1S/C17H33NO3/c1-5-9-11-15(7-3)17(20)18(13-10-6-2)14-12-16(19)21-8-4/h15H,5-14H2,1-4H3. The minimum absolute atomic E-state index is 0.101. The Bertz CT molecular complexity index is 292. The van der Waals surface area contributed by atoms with Gasteiger partial charge in [-0.05, 0) is 26.2 Å². The summed E-state index contributed by atoms with van der Waals surface area (Å²) in [4.78, 5) is 26.0. The zero-order valence-corrected chi connectivity index (χ0v) is 14.3. The maximum atomic E-state index is 12.6. The molecule has 0 saturated carbocycles. The molecule has 1 amide bonds. The van der Waals surface area contributed by atoms with Crippen LogP contribution in [0.25, 0.3) is 0 Å². The van der Waals surface area contributed by atoms with Crippen molar-refractivity contribution in [1.29, 1.82) is 0 Å². The Balaban J connectivity index is 4.54. The molecule has 0 rings (SSSR count). The minimum Gasteiger partial charge on any atom is -0.466 e. The minimum atomic E-state index is -0.214. The molecule has 0 radical (unpaired) electrons. The Morgan fingerprint density at radius 3 is 2.19 bits per heavy atom. The average Bonchev–Trinajstić information content (AvgIpc) is 2.48. The number of nitrogens with zero attached hydrogens (tertiary/aromatic N) is 1. The largest absolute Gasteiger partial charge is 0.466 e. The normalized spacial score (nSPS) is 12.0. The summed E-state index contributed by atoms with van der Waals surface area (Å²) in [5.41, 5.74) is 0. The monoisotopic (exact) mass is 299 g/mol. The summed E-state index contributed by atoms with van der Waals surface area (Å²) in [6.45, 7) is 9.76. The number of amides is 1. The molecule has 21 heavy (non-hydrogen) atoms. The number of hydrogen-bond donors (Lipinski definition) is 0. The highest BCUT2D eigenvalue weighted by atomic mass is 16.5. The first-order valence-electron chi connectivity index (χ1n) is 8.54. The molecule has 4 nitrogen and oxygen atoms in total. The van der Waals surface area contributed by atoms with Crippen LogP contribution in [0.4, 0.5) is 0 Å². The first-order chi connectivity index (χ1) is 10.1. The van der Waals surface area contributed by atoms with E-state index in [9.17, 15) is 9.59 Å². The van der Waals surface area contributed by atoms with Crippen molar-refractivity contribution in [1.82, 2.24) is 4.90 Å². The second-order valence-electron chi connectivity index (χ2n) is 5.48. The lowest BCUT2D eigenvalue weighted by Gasteiger charge is -2.26. The van der Waals surface area contributed by atoms with E-state index >= 15 is 0 Å². The quantitative estimate of drug-likeness (QED) is 0.515. The highest BCUT2D eigenvalue weighted by Crippen LogP contribution is 2.17. The van der Waals surface area contributed by atoms with Crippen molar-refractivity contribution in [2.45, 2.75) is 72.6 Å². The molecule has 1 atom stereocenters. The van der Waals surface area contributed by atoms with Crippen LogP contribution < -0.4 is 0 Å². The predicted octanol–water partition coefficient (Wildman–Crippen LogP) is 3.78. The molecular weight excluding hydrogens is 266 g/mol. The Labute approximate surface area is 130 Å². The van der Waals surface area contributed by atoms with E-state index in [1.807, 2.05) is 4.90 Å². The molecule has 0 saturated heterocycles. The van der Waals surface area contributed by atoms with Gasteiger partial charge in [-0.2, -0.15) is 0 Å². The molecule has 0 aromatic rings. The van der Waals surface area contributed by atoms with Gasteiger partial charge in [0, 0.05) is 19.0 Å². The lowest BCUT2D eigenvalue weighted by molar-refractivity contribution is -0.144. The van der Waals surface area contributed by atoms with Crippen molar-refractivity contribution in [3.05, 3.63) is 0 Å². The van der Waals surface area contributed by atoms with E-state index < -0.39 is 0 Å². The van der Waals surface area contributed by atoms with E-state index in [0.717, 1.165) is 45.1 Å². The maximum Gasteiger partial charge on any atom is 0.307 e. The van der Waals surface area contributed by atoms with Crippen LogP contribution >= 0.6 is 0 Å². The van der Waals surface area contributed by atoms with Crippen molar-refractivity contribution >= 4 is 11.9 Å². The van der Waals surface area contributed by atoms with Gasteiger partial charge >= 0.3 is 5.97 Å². The highest BCUT2D eigenvalue weighted by Gasteiger charge is 2.22. The summed E-state index contributed by atoms with van der Waals surface area (Å²) in [6, 6.07) is 0. The fraction of sp³-hybridized carbons (Fsp3) is 0.882. The third-order valence-electron chi connectivity index (χ3n) is 3.73. The molecule has 124 valence electrons. The van der Waals surface area contributed by atoms with E-state index in [2.05, 4.69) is 20.8 Å². The van der Waals surface area contributed by atoms with Gasteiger partial charge in [-0.15, -0.1) is 0 Å². The Kier molecular flexibility index (Phi) is 12.0. The van der Waals surface area contributed by atoms with Crippen molar-refractivity contribution in [2.24, 2.45) is 5.92 Å². The zero-order valence-electron chi connectivity index (χ0n) is 14.3. The molecule has 4 heteroatoms. The number of esters is 1. The summed E-state index contributed by atoms with van der Waals surface area (Å²) in [6.07, 6.45) is 6.36.